The predicted octanol–water partition coefficient (Wildman–Crippen LogP) is 2.84. The molecule has 2 rings (SSSR count). The summed E-state index contributed by atoms with van der Waals surface area (Å²) in [5.41, 5.74) is 0.714. The highest BCUT2D eigenvalue weighted by Gasteiger charge is 2.27. The third kappa shape index (κ3) is 4.77. The molecule has 6 nitrogen and oxygen atoms in total. The van der Waals surface area contributed by atoms with Gasteiger partial charge in [-0.25, -0.2) is 8.70 Å². The van der Waals surface area contributed by atoms with Gasteiger partial charge < -0.3 is 5.32 Å². The molecule has 0 spiro atoms. The first-order chi connectivity index (χ1) is 11.7. The van der Waals surface area contributed by atoms with Crippen LogP contribution in [0, 0.1) is 5.82 Å². The first-order valence-corrected chi connectivity index (χ1v) is 9.41. The number of carbonyl (C=O) groups excluding carboxylic acids is 1. The number of para-hydroxylation sites is 1. The summed E-state index contributed by atoms with van der Waals surface area (Å²) in [6.07, 6.45) is 0. The van der Waals surface area contributed by atoms with Crippen LogP contribution >= 0.6 is 15.9 Å². The van der Waals surface area contributed by atoms with Gasteiger partial charge in [-0.05, 0) is 52.3 Å². The predicted molar refractivity (Wildman–Crippen MR) is 99.1 cm³/mol. The van der Waals surface area contributed by atoms with E-state index in [1.54, 1.807) is 24.3 Å². The fourth-order valence-electron chi connectivity index (χ4n) is 1.99. The van der Waals surface area contributed by atoms with Gasteiger partial charge in [-0.1, -0.05) is 12.1 Å². The summed E-state index contributed by atoms with van der Waals surface area (Å²) in [6, 6.07) is 11.9. The number of nitrogens with one attached hydrogen (secondary N) is 1. The fourth-order valence-corrected chi connectivity index (χ4v) is 3.44. The molecule has 0 radical (unpaired) electrons. The number of hydrogen-bond acceptors (Lipinski definition) is 3. The topological polar surface area (TPSA) is 69.7 Å². The van der Waals surface area contributed by atoms with Gasteiger partial charge in [0.15, 0.2) is 0 Å². The molecule has 0 aliphatic heterocycles. The molecule has 0 heterocycles. The number of benzene rings is 2. The average Bonchev–Trinajstić information content (AvgIpc) is 2.55. The molecule has 1 amide bonds. The van der Waals surface area contributed by atoms with Gasteiger partial charge in [-0.2, -0.15) is 12.7 Å². The number of anilines is 2. The van der Waals surface area contributed by atoms with Crippen LogP contribution in [0.3, 0.4) is 0 Å². The van der Waals surface area contributed by atoms with Crippen LogP contribution in [0.15, 0.2) is 53.0 Å². The van der Waals surface area contributed by atoms with Crippen molar-refractivity contribution in [2.75, 3.05) is 30.3 Å². The third-order valence-electron chi connectivity index (χ3n) is 3.29. The van der Waals surface area contributed by atoms with Crippen molar-refractivity contribution < 1.29 is 17.6 Å². The Balaban J connectivity index is 2.29. The summed E-state index contributed by atoms with van der Waals surface area (Å²) in [7, 11) is -1.21. The van der Waals surface area contributed by atoms with E-state index in [-0.39, 0.29) is 5.69 Å². The molecule has 0 bridgehead atoms. The summed E-state index contributed by atoms with van der Waals surface area (Å²) in [6.45, 7) is -0.451. The van der Waals surface area contributed by atoms with Crippen LogP contribution in [-0.2, 0) is 15.0 Å². The summed E-state index contributed by atoms with van der Waals surface area (Å²) in [5, 5.41) is 2.65. The summed E-state index contributed by atoms with van der Waals surface area (Å²) < 4.78 is 40.8. The van der Waals surface area contributed by atoms with E-state index in [9.17, 15) is 17.6 Å². The van der Waals surface area contributed by atoms with Crippen LogP contribution in [0.1, 0.15) is 0 Å². The van der Waals surface area contributed by atoms with Crippen molar-refractivity contribution in [3.8, 4) is 0 Å². The Hall–Kier alpha value is -1.97. The Morgan fingerprint density at radius 1 is 1.12 bits per heavy atom. The maximum Gasteiger partial charge on any atom is 0.304 e. The summed E-state index contributed by atoms with van der Waals surface area (Å²) in [5.74, 6) is -1.02. The van der Waals surface area contributed by atoms with E-state index in [1.807, 2.05) is 0 Å². The van der Waals surface area contributed by atoms with Gasteiger partial charge in [0.2, 0.25) is 5.91 Å². The second-order valence-corrected chi connectivity index (χ2v) is 8.22. The zero-order valence-corrected chi connectivity index (χ0v) is 16.0. The summed E-state index contributed by atoms with van der Waals surface area (Å²) >= 11 is 3.31. The normalized spacial score (nSPS) is 11.4. The number of rotatable bonds is 6. The largest absolute Gasteiger partial charge is 0.323 e. The second kappa shape index (κ2) is 7.94. The lowest BCUT2D eigenvalue weighted by atomic mass is 10.3. The molecular weight excluding hydrogens is 413 g/mol. The average molecular weight is 430 g/mol. The highest BCUT2D eigenvalue weighted by molar-refractivity contribution is 9.10. The highest BCUT2D eigenvalue weighted by Crippen LogP contribution is 2.23. The molecule has 9 heteroatoms. The van der Waals surface area contributed by atoms with E-state index in [1.165, 1.54) is 26.2 Å². The Morgan fingerprint density at radius 3 is 2.28 bits per heavy atom. The Kier molecular flexibility index (Phi) is 6.15. The first-order valence-electron chi connectivity index (χ1n) is 7.22. The maximum atomic E-state index is 13.1. The van der Waals surface area contributed by atoms with Crippen LogP contribution in [0.5, 0.6) is 0 Å². The number of hydrogen-bond donors (Lipinski definition) is 1. The zero-order chi connectivity index (χ0) is 18.6. The number of nitrogens with zero attached hydrogens (tertiary/aromatic N) is 2. The van der Waals surface area contributed by atoms with Crippen LogP contribution < -0.4 is 9.62 Å². The van der Waals surface area contributed by atoms with E-state index in [2.05, 4.69) is 21.2 Å². The molecule has 0 saturated carbocycles. The molecular formula is C16H17BrFN3O3S. The minimum absolute atomic E-state index is 0.192. The van der Waals surface area contributed by atoms with Gasteiger partial charge in [-0.15, -0.1) is 0 Å². The lowest BCUT2D eigenvalue weighted by Gasteiger charge is -2.27. The SMILES string of the molecule is CN(C)S(=O)(=O)N(CC(=O)Nc1ccccc1Br)c1ccc(F)cc1. The summed E-state index contributed by atoms with van der Waals surface area (Å²) in [4.78, 5) is 12.4. The highest BCUT2D eigenvalue weighted by atomic mass is 79.9. The third-order valence-corrected chi connectivity index (χ3v) is 5.80. The molecule has 2 aromatic rings. The molecule has 0 fully saturated rings. The van der Waals surface area contributed by atoms with Crippen LogP contribution in [-0.4, -0.2) is 39.3 Å². The number of amides is 1. The van der Waals surface area contributed by atoms with Gasteiger partial charge >= 0.3 is 10.2 Å². The molecule has 0 atom stereocenters. The molecule has 0 unspecified atom stereocenters. The van der Waals surface area contributed by atoms with Gasteiger partial charge in [0.05, 0.1) is 11.4 Å². The Morgan fingerprint density at radius 2 is 1.72 bits per heavy atom. The van der Waals surface area contributed by atoms with Crippen molar-refractivity contribution in [1.29, 1.82) is 0 Å². The standard InChI is InChI=1S/C16H17BrFN3O3S/c1-20(2)25(23,24)21(13-9-7-12(18)8-10-13)11-16(22)19-15-6-4-3-5-14(15)17/h3-10H,11H2,1-2H3,(H,19,22). The van der Waals surface area contributed by atoms with Crippen molar-refractivity contribution in [3.05, 3.63) is 58.8 Å². The van der Waals surface area contributed by atoms with Crippen LogP contribution in [0.2, 0.25) is 0 Å². The van der Waals surface area contributed by atoms with E-state index in [0.29, 0.717) is 10.2 Å². The van der Waals surface area contributed by atoms with Gasteiger partial charge in [-0.3, -0.25) is 4.79 Å². The van der Waals surface area contributed by atoms with E-state index in [4.69, 9.17) is 0 Å². The van der Waals surface area contributed by atoms with Crippen molar-refractivity contribution in [1.82, 2.24) is 4.31 Å². The van der Waals surface area contributed by atoms with Crippen LogP contribution in [0.4, 0.5) is 15.8 Å². The molecule has 25 heavy (non-hydrogen) atoms. The smallest absolute Gasteiger partial charge is 0.304 e. The molecule has 0 aliphatic rings. The molecule has 0 saturated heterocycles. The quantitative estimate of drug-likeness (QED) is 0.767. The van der Waals surface area contributed by atoms with Gasteiger partial charge in [0, 0.05) is 18.6 Å². The first kappa shape index (κ1) is 19.4. The number of halogens is 2. The van der Waals surface area contributed by atoms with Crippen LogP contribution in [0.25, 0.3) is 0 Å². The Labute approximate surface area is 154 Å². The monoisotopic (exact) mass is 429 g/mol. The van der Waals surface area contributed by atoms with Crippen molar-refractivity contribution in [3.63, 3.8) is 0 Å². The van der Waals surface area contributed by atoms with Crippen molar-refractivity contribution >= 4 is 43.4 Å². The van der Waals surface area contributed by atoms with E-state index >= 15 is 0 Å². The van der Waals surface area contributed by atoms with Crippen molar-refractivity contribution in [2.45, 2.75) is 0 Å². The number of carbonyl (C=O) groups is 1. The second-order valence-electron chi connectivity index (χ2n) is 5.30. The van der Waals surface area contributed by atoms with Crippen molar-refractivity contribution in [2.24, 2.45) is 0 Å². The lowest BCUT2D eigenvalue weighted by Crippen LogP contribution is -2.44. The maximum absolute atomic E-state index is 13.1. The Bertz CT molecular complexity index is 857. The minimum atomic E-state index is -3.93. The molecule has 0 aliphatic carbocycles. The molecule has 1 N–H and O–H groups in total. The molecule has 0 aromatic heterocycles. The van der Waals surface area contributed by atoms with Gasteiger partial charge in [0.1, 0.15) is 12.4 Å². The minimum Gasteiger partial charge on any atom is -0.323 e. The zero-order valence-electron chi connectivity index (χ0n) is 13.6. The fraction of sp³-hybridized carbons (Fsp3) is 0.188. The van der Waals surface area contributed by atoms with E-state index < -0.39 is 28.5 Å². The molecule has 134 valence electrons. The molecule has 2 aromatic carbocycles. The van der Waals surface area contributed by atoms with E-state index in [0.717, 1.165) is 20.7 Å². The van der Waals surface area contributed by atoms with Gasteiger partial charge in [0.25, 0.3) is 0 Å². The lowest BCUT2D eigenvalue weighted by molar-refractivity contribution is -0.114.